The lowest BCUT2D eigenvalue weighted by Crippen LogP contribution is -2.32. The molecule has 2 N–H and O–H groups in total. The lowest BCUT2D eigenvalue weighted by Gasteiger charge is -2.10. The minimum atomic E-state index is -4.57. The number of carbonyl (C=O) groups is 1. The number of hydrogen-bond acceptors (Lipinski definition) is 8. The molecule has 1 amide bonds. The van der Waals surface area contributed by atoms with Gasteiger partial charge in [0.15, 0.2) is 12.4 Å². The summed E-state index contributed by atoms with van der Waals surface area (Å²) >= 11 is 0. The van der Waals surface area contributed by atoms with Crippen LogP contribution in [0.25, 0.3) is 0 Å². The maximum atomic E-state index is 11.9. The standard InChI is InChI=1S/C16H15F3N6O3/c17-16(18,19)10-28-15(26)23-4-3-22-14-24-7-13(8-25-14)27-9-11-1-2-21-6-12(11)5-20/h1-2,6-8H,3-4,9-10H2,(H,23,26)(H,22,24,25). The summed E-state index contributed by atoms with van der Waals surface area (Å²) in [5.41, 5.74) is 1.08. The van der Waals surface area contributed by atoms with Gasteiger partial charge in [-0.1, -0.05) is 0 Å². The van der Waals surface area contributed by atoms with Gasteiger partial charge in [-0.25, -0.2) is 14.8 Å². The fourth-order valence-corrected chi connectivity index (χ4v) is 1.83. The number of amides is 1. The Balaban J connectivity index is 1.70. The predicted molar refractivity (Wildman–Crippen MR) is 89.2 cm³/mol. The molecule has 0 saturated carbocycles. The number of alkyl halides is 3. The molecule has 0 spiro atoms. The molecular formula is C16H15F3N6O3. The summed E-state index contributed by atoms with van der Waals surface area (Å²) in [6.45, 7) is -1.32. The number of aromatic nitrogens is 3. The first kappa shape index (κ1) is 20.7. The Kier molecular flexibility index (Phi) is 7.32. The molecule has 9 nitrogen and oxygen atoms in total. The van der Waals surface area contributed by atoms with Crippen LogP contribution >= 0.6 is 0 Å². The highest BCUT2D eigenvalue weighted by Crippen LogP contribution is 2.14. The zero-order chi connectivity index (χ0) is 20.4. The van der Waals surface area contributed by atoms with Crippen LogP contribution in [0.2, 0.25) is 0 Å². The van der Waals surface area contributed by atoms with Crippen molar-refractivity contribution in [2.45, 2.75) is 12.8 Å². The van der Waals surface area contributed by atoms with E-state index in [1.807, 2.05) is 6.07 Å². The van der Waals surface area contributed by atoms with Crippen molar-refractivity contribution in [3.05, 3.63) is 42.0 Å². The molecule has 2 heterocycles. The quantitative estimate of drug-likeness (QED) is 0.650. The van der Waals surface area contributed by atoms with Gasteiger partial charge in [-0.3, -0.25) is 4.98 Å². The van der Waals surface area contributed by atoms with Crippen molar-refractivity contribution in [2.24, 2.45) is 0 Å². The Labute approximate surface area is 157 Å². The van der Waals surface area contributed by atoms with Gasteiger partial charge in [0.2, 0.25) is 5.95 Å². The summed E-state index contributed by atoms with van der Waals surface area (Å²) in [6.07, 6.45) is 0.0734. The Morgan fingerprint density at radius 3 is 2.64 bits per heavy atom. The summed E-state index contributed by atoms with van der Waals surface area (Å²) in [6, 6.07) is 3.68. The third-order valence-electron chi connectivity index (χ3n) is 3.10. The minimum absolute atomic E-state index is 0.0112. The van der Waals surface area contributed by atoms with Crippen LogP contribution in [-0.2, 0) is 11.3 Å². The monoisotopic (exact) mass is 396 g/mol. The van der Waals surface area contributed by atoms with Crippen LogP contribution in [0, 0.1) is 11.3 Å². The molecule has 0 unspecified atom stereocenters. The van der Waals surface area contributed by atoms with Crippen molar-refractivity contribution in [3.63, 3.8) is 0 Å². The van der Waals surface area contributed by atoms with Crippen LogP contribution in [0.5, 0.6) is 5.75 Å². The molecule has 2 aromatic rings. The van der Waals surface area contributed by atoms with Crippen LogP contribution in [0.4, 0.5) is 23.9 Å². The molecule has 2 aromatic heterocycles. The van der Waals surface area contributed by atoms with Gasteiger partial charge in [-0.05, 0) is 6.07 Å². The maximum Gasteiger partial charge on any atom is 0.422 e. The summed E-state index contributed by atoms with van der Waals surface area (Å²) in [5, 5.41) is 13.9. The first-order valence-electron chi connectivity index (χ1n) is 7.86. The molecule has 0 fully saturated rings. The summed E-state index contributed by atoms with van der Waals surface area (Å²) < 4.78 is 45.1. The van der Waals surface area contributed by atoms with E-state index >= 15 is 0 Å². The molecule has 0 aromatic carbocycles. The molecule has 0 saturated heterocycles. The molecule has 2 rings (SSSR count). The predicted octanol–water partition coefficient (Wildman–Crippen LogP) is 2.02. The number of alkyl carbamates (subject to hydrolysis) is 1. The van der Waals surface area contributed by atoms with Crippen molar-refractivity contribution < 1.29 is 27.4 Å². The molecule has 12 heteroatoms. The largest absolute Gasteiger partial charge is 0.486 e. The van der Waals surface area contributed by atoms with Gasteiger partial charge < -0.3 is 20.1 Å². The molecule has 148 valence electrons. The average Bonchev–Trinajstić information content (AvgIpc) is 2.68. The summed E-state index contributed by atoms with van der Waals surface area (Å²) in [5.74, 6) is 0.611. The molecule has 0 bridgehead atoms. The number of anilines is 1. The van der Waals surface area contributed by atoms with Crippen molar-refractivity contribution in [2.75, 3.05) is 25.0 Å². The van der Waals surface area contributed by atoms with E-state index in [1.54, 1.807) is 12.3 Å². The van der Waals surface area contributed by atoms with Gasteiger partial charge in [-0.2, -0.15) is 18.4 Å². The lowest BCUT2D eigenvalue weighted by molar-refractivity contribution is -0.160. The first-order valence-corrected chi connectivity index (χ1v) is 7.86. The number of rotatable bonds is 8. The topological polar surface area (TPSA) is 122 Å². The second-order valence-electron chi connectivity index (χ2n) is 5.22. The van der Waals surface area contributed by atoms with E-state index in [2.05, 4.69) is 30.3 Å². The van der Waals surface area contributed by atoms with Crippen molar-refractivity contribution in [1.29, 1.82) is 5.26 Å². The number of nitriles is 1. The van der Waals surface area contributed by atoms with E-state index in [4.69, 9.17) is 10.00 Å². The van der Waals surface area contributed by atoms with E-state index in [-0.39, 0.29) is 25.6 Å². The summed E-state index contributed by atoms with van der Waals surface area (Å²) in [7, 11) is 0. The molecule has 28 heavy (non-hydrogen) atoms. The van der Waals surface area contributed by atoms with Gasteiger partial charge >= 0.3 is 12.3 Å². The third kappa shape index (κ3) is 7.32. The fraction of sp³-hybridized carbons (Fsp3) is 0.312. The Morgan fingerprint density at radius 2 is 1.96 bits per heavy atom. The number of carbonyl (C=O) groups excluding carboxylic acids is 1. The Bertz CT molecular complexity index is 824. The van der Waals surface area contributed by atoms with E-state index in [1.165, 1.54) is 18.6 Å². The molecule has 0 aliphatic heterocycles. The highest BCUT2D eigenvalue weighted by molar-refractivity contribution is 5.67. The van der Waals surface area contributed by atoms with Crippen LogP contribution in [0.15, 0.2) is 30.9 Å². The summed E-state index contributed by atoms with van der Waals surface area (Å²) in [4.78, 5) is 22.9. The minimum Gasteiger partial charge on any atom is -0.486 e. The molecule has 0 aliphatic carbocycles. The van der Waals surface area contributed by atoms with E-state index in [9.17, 15) is 18.0 Å². The van der Waals surface area contributed by atoms with Gasteiger partial charge in [0.1, 0.15) is 12.7 Å². The second-order valence-corrected chi connectivity index (χ2v) is 5.22. The van der Waals surface area contributed by atoms with Crippen molar-refractivity contribution in [3.8, 4) is 11.8 Å². The zero-order valence-electron chi connectivity index (χ0n) is 14.4. The van der Waals surface area contributed by atoms with Crippen LogP contribution in [0.1, 0.15) is 11.1 Å². The van der Waals surface area contributed by atoms with Crippen molar-refractivity contribution in [1.82, 2.24) is 20.3 Å². The van der Waals surface area contributed by atoms with Crippen molar-refractivity contribution >= 4 is 12.0 Å². The second kappa shape index (κ2) is 9.91. The van der Waals surface area contributed by atoms with E-state index in [0.29, 0.717) is 16.9 Å². The average molecular weight is 396 g/mol. The van der Waals surface area contributed by atoms with Gasteiger partial charge in [-0.15, -0.1) is 0 Å². The van der Waals surface area contributed by atoms with Crippen LogP contribution < -0.4 is 15.4 Å². The number of nitrogens with zero attached hydrogens (tertiary/aromatic N) is 4. The van der Waals surface area contributed by atoms with Crippen LogP contribution in [0.3, 0.4) is 0 Å². The third-order valence-corrected chi connectivity index (χ3v) is 3.10. The van der Waals surface area contributed by atoms with Crippen LogP contribution in [-0.4, -0.2) is 46.9 Å². The fourth-order valence-electron chi connectivity index (χ4n) is 1.83. The van der Waals surface area contributed by atoms with Gasteiger partial charge in [0.25, 0.3) is 0 Å². The number of pyridine rings is 1. The number of ether oxygens (including phenoxy) is 2. The van der Waals surface area contributed by atoms with Gasteiger partial charge in [0.05, 0.1) is 18.0 Å². The van der Waals surface area contributed by atoms with E-state index < -0.39 is 18.9 Å². The maximum absolute atomic E-state index is 11.9. The first-order chi connectivity index (χ1) is 13.4. The molecule has 0 aliphatic rings. The SMILES string of the molecule is N#Cc1cnccc1COc1cnc(NCCNC(=O)OCC(F)(F)F)nc1. The number of halogens is 3. The lowest BCUT2D eigenvalue weighted by atomic mass is 10.2. The normalized spacial score (nSPS) is 10.6. The Hall–Kier alpha value is -3.62. The zero-order valence-corrected chi connectivity index (χ0v) is 14.4. The molecule has 0 atom stereocenters. The Morgan fingerprint density at radius 1 is 1.21 bits per heavy atom. The molecule has 0 radical (unpaired) electrons. The molecular weight excluding hydrogens is 381 g/mol. The highest BCUT2D eigenvalue weighted by Gasteiger charge is 2.29. The van der Waals surface area contributed by atoms with Gasteiger partial charge in [0, 0.05) is 31.0 Å². The van der Waals surface area contributed by atoms with E-state index in [0.717, 1.165) is 0 Å². The highest BCUT2D eigenvalue weighted by atomic mass is 19.4. The smallest absolute Gasteiger partial charge is 0.422 e. The number of nitrogens with one attached hydrogen (secondary N) is 2. The number of hydrogen-bond donors (Lipinski definition) is 2.